The number of para-hydroxylation sites is 1. The lowest BCUT2D eigenvalue weighted by Gasteiger charge is -2.49. The Labute approximate surface area is 397 Å². The SMILES string of the molecule is Cc1cc(Nc2ncc(Cl)c(Nc3ccccc3S(=O)(=O)C(C)C)n2)c(OC(C)C)cc1C1CCN(C2CN(C(=O)C3CCN(c4ccc(C(=O)NC5CCC(=O)NC5=O)cc4)CC3)C2)CC1. The maximum Gasteiger partial charge on any atom is 0.251 e. The van der Waals surface area contributed by atoms with Crippen LogP contribution in [0.2, 0.25) is 5.02 Å². The fourth-order valence-electron chi connectivity index (χ4n) is 9.41. The summed E-state index contributed by atoms with van der Waals surface area (Å²) in [4.78, 5) is 65.9. The second-order valence-electron chi connectivity index (χ2n) is 18.6. The number of hydrogen-bond acceptors (Lipinski definition) is 13. The summed E-state index contributed by atoms with van der Waals surface area (Å²) >= 11 is 6.53. The van der Waals surface area contributed by atoms with E-state index in [1.54, 1.807) is 50.2 Å². The van der Waals surface area contributed by atoms with Crippen molar-refractivity contribution < 1.29 is 32.3 Å². The summed E-state index contributed by atoms with van der Waals surface area (Å²) in [5, 5.41) is 11.1. The molecule has 4 N–H and O–H groups in total. The van der Waals surface area contributed by atoms with Crippen molar-refractivity contribution in [3.63, 3.8) is 0 Å². The molecule has 4 saturated heterocycles. The molecule has 18 heteroatoms. The molecule has 356 valence electrons. The Kier molecular flexibility index (Phi) is 14.4. The van der Waals surface area contributed by atoms with E-state index in [9.17, 15) is 27.6 Å². The maximum absolute atomic E-state index is 13.6. The summed E-state index contributed by atoms with van der Waals surface area (Å²) in [7, 11) is -3.58. The number of ether oxygens (including phenoxy) is 1. The van der Waals surface area contributed by atoms with Crippen molar-refractivity contribution in [2.24, 2.45) is 5.92 Å². The molecule has 4 aliphatic rings. The highest BCUT2D eigenvalue weighted by Crippen LogP contribution is 2.40. The molecule has 0 spiro atoms. The van der Waals surface area contributed by atoms with Gasteiger partial charge in [-0.2, -0.15) is 4.98 Å². The Morgan fingerprint density at radius 1 is 0.881 bits per heavy atom. The highest BCUT2D eigenvalue weighted by atomic mass is 35.5. The number of benzene rings is 3. The molecule has 67 heavy (non-hydrogen) atoms. The molecule has 1 aromatic heterocycles. The summed E-state index contributed by atoms with van der Waals surface area (Å²) in [5.74, 6) is 0.634. The Morgan fingerprint density at radius 2 is 1.58 bits per heavy atom. The van der Waals surface area contributed by atoms with E-state index in [4.69, 9.17) is 16.3 Å². The Hall–Kier alpha value is -5.78. The van der Waals surface area contributed by atoms with Gasteiger partial charge in [-0.15, -0.1) is 0 Å². The zero-order valence-electron chi connectivity index (χ0n) is 38.7. The van der Waals surface area contributed by atoms with Crippen molar-refractivity contribution in [3.8, 4) is 5.75 Å². The zero-order chi connectivity index (χ0) is 47.6. The van der Waals surface area contributed by atoms with Crippen LogP contribution in [0, 0.1) is 12.8 Å². The van der Waals surface area contributed by atoms with Gasteiger partial charge in [0.15, 0.2) is 15.7 Å². The molecule has 8 rings (SSSR count). The van der Waals surface area contributed by atoms with Crippen LogP contribution >= 0.6 is 11.6 Å². The normalized spacial score (nSPS) is 19.0. The topological polar surface area (TPSA) is 195 Å². The lowest BCUT2D eigenvalue weighted by Crippen LogP contribution is -2.63. The third-order valence-corrected chi connectivity index (χ3v) is 15.8. The smallest absolute Gasteiger partial charge is 0.251 e. The number of aromatic nitrogens is 2. The van der Waals surface area contributed by atoms with Gasteiger partial charge in [0.05, 0.1) is 33.8 Å². The number of hydrogen-bond donors (Lipinski definition) is 4. The van der Waals surface area contributed by atoms with Crippen LogP contribution < -0.4 is 30.9 Å². The van der Waals surface area contributed by atoms with Gasteiger partial charge in [0.1, 0.15) is 16.8 Å². The van der Waals surface area contributed by atoms with Crippen molar-refractivity contribution in [1.82, 2.24) is 30.4 Å². The van der Waals surface area contributed by atoms with E-state index >= 15 is 0 Å². The minimum absolute atomic E-state index is 0.00707. The minimum atomic E-state index is -3.58. The van der Waals surface area contributed by atoms with Crippen molar-refractivity contribution in [3.05, 3.63) is 88.6 Å². The first kappa shape index (κ1) is 47.7. The molecule has 4 amide bonds. The number of carbonyl (C=O) groups is 4. The van der Waals surface area contributed by atoms with E-state index in [0.29, 0.717) is 34.6 Å². The van der Waals surface area contributed by atoms with Crippen LogP contribution in [0.15, 0.2) is 71.8 Å². The van der Waals surface area contributed by atoms with Gasteiger partial charge in [-0.25, -0.2) is 13.4 Å². The molecular weight excluding hydrogens is 894 g/mol. The first-order valence-electron chi connectivity index (χ1n) is 23.3. The van der Waals surface area contributed by atoms with Gasteiger partial charge in [-0.3, -0.25) is 29.4 Å². The molecule has 1 atom stereocenters. The molecule has 4 aromatic rings. The second-order valence-corrected chi connectivity index (χ2v) is 21.5. The van der Waals surface area contributed by atoms with Crippen molar-refractivity contribution in [2.45, 2.75) is 107 Å². The standard InChI is InChI=1S/C49H60ClN9O7S/c1-29(2)66-42-25-37(31(5)24-41(42)54-49-51-26-38(50)45(56-49)52-39-8-6-7-9-43(39)67(64,65)30(3)4)32-16-20-58(21-17-32)36-27-59(28-36)48(63)34-18-22-57(23-19-34)35-12-10-33(11-13-35)46(61)53-40-14-15-44(60)55-47(40)62/h6-13,24-26,29-30,32,34,36,40H,14-23,27-28H2,1-5H3,(H,53,61)(H,55,60,62)(H2,51,52,54,56). The molecule has 0 bridgehead atoms. The Bertz CT molecular complexity index is 2610. The van der Waals surface area contributed by atoms with Crippen LogP contribution in [0.5, 0.6) is 5.75 Å². The number of anilines is 5. The molecule has 3 aromatic carbocycles. The highest BCUT2D eigenvalue weighted by molar-refractivity contribution is 7.92. The van der Waals surface area contributed by atoms with Gasteiger partial charge in [0, 0.05) is 55.8 Å². The Morgan fingerprint density at radius 3 is 2.25 bits per heavy atom. The number of aryl methyl sites for hydroxylation is 1. The molecule has 0 radical (unpaired) electrons. The predicted molar refractivity (Wildman–Crippen MR) is 258 cm³/mol. The van der Waals surface area contributed by atoms with Crippen LogP contribution in [0.1, 0.15) is 93.6 Å². The summed E-state index contributed by atoms with van der Waals surface area (Å²) in [6, 6.07) is 17.8. The molecule has 1 unspecified atom stereocenters. The van der Waals surface area contributed by atoms with Gasteiger partial charge >= 0.3 is 0 Å². The summed E-state index contributed by atoms with van der Waals surface area (Å²) < 4.78 is 32.6. The number of likely N-dealkylation sites (tertiary alicyclic amines) is 2. The number of halogens is 1. The largest absolute Gasteiger partial charge is 0.489 e. The number of imide groups is 1. The van der Waals surface area contributed by atoms with Crippen molar-refractivity contribution in [1.29, 1.82) is 0 Å². The molecular formula is C49H60ClN9O7S. The average molecular weight is 955 g/mol. The molecule has 5 heterocycles. The Balaban J connectivity index is 0.820. The fourth-order valence-corrected chi connectivity index (χ4v) is 10.7. The second kappa shape index (κ2) is 20.2. The minimum Gasteiger partial charge on any atom is -0.489 e. The van der Waals surface area contributed by atoms with Crippen LogP contribution in [-0.2, 0) is 24.2 Å². The third-order valence-electron chi connectivity index (χ3n) is 13.3. The van der Waals surface area contributed by atoms with Gasteiger partial charge in [0.25, 0.3) is 5.91 Å². The molecule has 0 saturated carbocycles. The molecule has 4 aliphatic heterocycles. The number of sulfone groups is 1. The monoisotopic (exact) mass is 953 g/mol. The summed E-state index contributed by atoms with van der Waals surface area (Å²) in [6.45, 7) is 14.3. The zero-order valence-corrected chi connectivity index (χ0v) is 40.3. The van der Waals surface area contributed by atoms with E-state index in [1.807, 2.05) is 30.9 Å². The van der Waals surface area contributed by atoms with Crippen molar-refractivity contribution >= 4 is 73.9 Å². The number of carbonyl (C=O) groups excluding carboxylic acids is 4. The van der Waals surface area contributed by atoms with Gasteiger partial charge in [-0.1, -0.05) is 23.7 Å². The number of amides is 4. The number of rotatable bonds is 14. The van der Waals surface area contributed by atoms with Gasteiger partial charge in [-0.05, 0) is 145 Å². The first-order chi connectivity index (χ1) is 32.0. The van der Waals surface area contributed by atoms with Crippen LogP contribution in [0.4, 0.5) is 28.8 Å². The van der Waals surface area contributed by atoms with E-state index in [1.165, 1.54) is 11.8 Å². The van der Waals surface area contributed by atoms with E-state index in [2.05, 4.69) is 60.1 Å². The van der Waals surface area contributed by atoms with Crippen LogP contribution in [0.25, 0.3) is 0 Å². The lowest BCUT2D eigenvalue weighted by atomic mass is 9.85. The van der Waals surface area contributed by atoms with E-state index < -0.39 is 27.0 Å². The quantitative estimate of drug-likeness (QED) is 0.0973. The van der Waals surface area contributed by atoms with Crippen molar-refractivity contribution in [2.75, 3.05) is 54.8 Å². The fraction of sp³-hybridized carbons (Fsp3) is 0.469. The average Bonchev–Trinajstić information content (AvgIpc) is 3.29. The number of piperidine rings is 3. The highest BCUT2D eigenvalue weighted by Gasteiger charge is 2.40. The first-order valence-corrected chi connectivity index (χ1v) is 25.2. The summed E-state index contributed by atoms with van der Waals surface area (Å²) in [5.41, 5.74) is 4.87. The lowest BCUT2D eigenvalue weighted by molar-refractivity contribution is -0.144. The predicted octanol–water partition coefficient (Wildman–Crippen LogP) is 6.74. The van der Waals surface area contributed by atoms with Gasteiger partial charge < -0.3 is 30.5 Å². The van der Waals surface area contributed by atoms with Gasteiger partial charge in [0.2, 0.25) is 23.7 Å². The van der Waals surface area contributed by atoms with E-state index in [-0.39, 0.29) is 64.3 Å². The molecule has 16 nitrogen and oxygen atoms in total. The molecule has 4 fully saturated rings. The maximum atomic E-state index is 13.6. The number of nitrogens with one attached hydrogen (secondary N) is 4. The third kappa shape index (κ3) is 10.8. The summed E-state index contributed by atoms with van der Waals surface area (Å²) in [6.07, 6.45) is 5.39. The number of nitrogens with zero attached hydrogens (tertiary/aromatic N) is 5. The van der Waals surface area contributed by atoms with E-state index in [0.717, 1.165) is 76.2 Å². The van der Waals surface area contributed by atoms with Crippen LogP contribution in [0.3, 0.4) is 0 Å². The van der Waals surface area contributed by atoms with Crippen LogP contribution in [-0.4, -0.2) is 115 Å². The molecule has 0 aliphatic carbocycles.